The summed E-state index contributed by atoms with van der Waals surface area (Å²) in [6.45, 7) is 6.65. The number of benzene rings is 1. The molecule has 1 aromatic heterocycles. The molecule has 0 aliphatic rings. The fourth-order valence-electron chi connectivity index (χ4n) is 2.51. The summed E-state index contributed by atoms with van der Waals surface area (Å²) in [6, 6.07) is 9.80. The van der Waals surface area contributed by atoms with Crippen molar-refractivity contribution in [1.29, 1.82) is 0 Å². The summed E-state index contributed by atoms with van der Waals surface area (Å²) >= 11 is 0. The lowest BCUT2D eigenvalue weighted by atomic mass is 10.1. The Kier molecular flexibility index (Phi) is 5.53. The van der Waals surface area contributed by atoms with Crippen molar-refractivity contribution < 1.29 is 5.11 Å². The van der Waals surface area contributed by atoms with Crippen molar-refractivity contribution in [3.8, 4) is 0 Å². The first-order valence-corrected chi connectivity index (χ1v) is 7.54. The lowest BCUT2D eigenvalue weighted by molar-refractivity contribution is 0.123. The van der Waals surface area contributed by atoms with Gasteiger partial charge in [-0.1, -0.05) is 37.3 Å². The summed E-state index contributed by atoms with van der Waals surface area (Å²) in [7, 11) is 2.03. The molecule has 2 aromatic rings. The summed E-state index contributed by atoms with van der Waals surface area (Å²) in [6.07, 6.45) is 2.57. The molecule has 0 saturated heterocycles. The molecule has 1 aromatic carbocycles. The molecule has 0 aliphatic heterocycles. The molecular formula is C17H25N3O. The number of rotatable bonds is 7. The van der Waals surface area contributed by atoms with Crippen LogP contribution in [0.3, 0.4) is 0 Å². The van der Waals surface area contributed by atoms with E-state index in [1.54, 1.807) is 0 Å². The van der Waals surface area contributed by atoms with Crippen LogP contribution in [-0.2, 0) is 13.1 Å². The Hall–Kier alpha value is -1.65. The molecule has 1 heterocycles. The summed E-state index contributed by atoms with van der Waals surface area (Å²) in [4.78, 5) is 2.14. The Balaban J connectivity index is 1.94. The van der Waals surface area contributed by atoms with Crippen molar-refractivity contribution in [2.75, 3.05) is 13.6 Å². The van der Waals surface area contributed by atoms with Crippen LogP contribution in [0.5, 0.6) is 0 Å². The highest BCUT2D eigenvalue weighted by Crippen LogP contribution is 2.16. The van der Waals surface area contributed by atoms with Gasteiger partial charge in [0.2, 0.25) is 0 Å². The average molecular weight is 287 g/mol. The van der Waals surface area contributed by atoms with Gasteiger partial charge >= 0.3 is 0 Å². The molecule has 1 N–H and O–H groups in total. The van der Waals surface area contributed by atoms with Crippen LogP contribution in [0.4, 0.5) is 0 Å². The predicted octanol–water partition coefficient (Wildman–Crippen LogP) is 2.77. The SMILES string of the molecule is CCCn1ncc(CN(C)CC(O)c2ccccc2)c1C. The van der Waals surface area contributed by atoms with Gasteiger partial charge in [0.05, 0.1) is 12.3 Å². The molecule has 1 atom stereocenters. The molecule has 114 valence electrons. The Morgan fingerprint density at radius 3 is 2.67 bits per heavy atom. The second-order valence-electron chi connectivity index (χ2n) is 5.60. The van der Waals surface area contributed by atoms with Crippen LogP contribution in [0.2, 0.25) is 0 Å². The topological polar surface area (TPSA) is 41.3 Å². The van der Waals surface area contributed by atoms with E-state index in [4.69, 9.17) is 0 Å². The van der Waals surface area contributed by atoms with Gasteiger partial charge in [-0.25, -0.2) is 0 Å². The standard InChI is InChI=1S/C17H25N3O/c1-4-10-20-14(2)16(11-18-20)12-19(3)13-17(21)15-8-6-5-7-9-15/h5-9,11,17,21H,4,10,12-13H2,1-3H3. The number of aliphatic hydroxyl groups excluding tert-OH is 1. The van der Waals surface area contributed by atoms with E-state index in [9.17, 15) is 5.11 Å². The van der Waals surface area contributed by atoms with Gasteiger partial charge in [-0.3, -0.25) is 9.58 Å². The Bertz CT molecular complexity index is 550. The predicted molar refractivity (Wildman–Crippen MR) is 85.0 cm³/mol. The van der Waals surface area contributed by atoms with Crippen LogP contribution in [0.25, 0.3) is 0 Å². The minimum absolute atomic E-state index is 0.456. The zero-order valence-electron chi connectivity index (χ0n) is 13.2. The van der Waals surface area contributed by atoms with Crippen LogP contribution in [0.1, 0.15) is 36.3 Å². The van der Waals surface area contributed by atoms with E-state index >= 15 is 0 Å². The van der Waals surface area contributed by atoms with Crippen LogP contribution >= 0.6 is 0 Å². The number of hydrogen-bond acceptors (Lipinski definition) is 3. The van der Waals surface area contributed by atoms with Gasteiger partial charge in [-0.05, 0) is 26.0 Å². The lowest BCUT2D eigenvalue weighted by Gasteiger charge is -2.20. The van der Waals surface area contributed by atoms with E-state index in [1.807, 2.05) is 43.6 Å². The first kappa shape index (κ1) is 15.7. The molecule has 21 heavy (non-hydrogen) atoms. The molecule has 2 rings (SSSR count). The monoisotopic (exact) mass is 287 g/mol. The van der Waals surface area contributed by atoms with Crippen LogP contribution in [0.15, 0.2) is 36.5 Å². The van der Waals surface area contributed by atoms with E-state index in [2.05, 4.69) is 28.5 Å². The maximum atomic E-state index is 10.3. The third kappa shape index (κ3) is 4.16. The minimum Gasteiger partial charge on any atom is -0.387 e. The third-order valence-corrected chi connectivity index (χ3v) is 3.75. The number of aryl methyl sites for hydroxylation is 1. The molecule has 0 radical (unpaired) electrons. The largest absolute Gasteiger partial charge is 0.387 e. The molecule has 0 aliphatic carbocycles. The summed E-state index contributed by atoms with van der Waals surface area (Å²) in [5, 5.41) is 14.7. The van der Waals surface area contributed by atoms with Crippen LogP contribution in [0, 0.1) is 6.92 Å². The van der Waals surface area contributed by atoms with E-state index in [-0.39, 0.29) is 0 Å². The second-order valence-corrected chi connectivity index (χ2v) is 5.60. The van der Waals surface area contributed by atoms with Gasteiger partial charge in [0.1, 0.15) is 0 Å². The van der Waals surface area contributed by atoms with E-state index in [0.29, 0.717) is 6.54 Å². The summed E-state index contributed by atoms with van der Waals surface area (Å²) in [5.74, 6) is 0. The molecule has 4 heteroatoms. The minimum atomic E-state index is -0.456. The highest BCUT2D eigenvalue weighted by atomic mass is 16.3. The van der Waals surface area contributed by atoms with Crippen molar-refractivity contribution in [2.24, 2.45) is 0 Å². The number of aliphatic hydroxyl groups is 1. The Morgan fingerprint density at radius 1 is 1.29 bits per heavy atom. The highest BCUT2D eigenvalue weighted by Gasteiger charge is 2.13. The molecule has 0 fully saturated rings. The van der Waals surface area contributed by atoms with Crippen molar-refractivity contribution in [2.45, 2.75) is 39.5 Å². The van der Waals surface area contributed by atoms with Gasteiger partial charge in [-0.2, -0.15) is 5.10 Å². The zero-order valence-corrected chi connectivity index (χ0v) is 13.2. The van der Waals surface area contributed by atoms with E-state index < -0.39 is 6.10 Å². The summed E-state index contributed by atoms with van der Waals surface area (Å²) < 4.78 is 2.05. The zero-order chi connectivity index (χ0) is 15.2. The van der Waals surface area contributed by atoms with Crippen LogP contribution < -0.4 is 0 Å². The maximum absolute atomic E-state index is 10.3. The highest BCUT2D eigenvalue weighted by molar-refractivity contribution is 5.18. The second kappa shape index (κ2) is 7.38. The van der Waals surface area contributed by atoms with Crippen molar-refractivity contribution in [1.82, 2.24) is 14.7 Å². The normalized spacial score (nSPS) is 12.8. The van der Waals surface area contributed by atoms with Crippen molar-refractivity contribution in [3.05, 3.63) is 53.3 Å². The number of aromatic nitrogens is 2. The molecule has 1 unspecified atom stereocenters. The van der Waals surface area contributed by atoms with Crippen LogP contribution in [-0.4, -0.2) is 33.4 Å². The number of hydrogen-bond donors (Lipinski definition) is 1. The Labute approximate surface area is 127 Å². The molecule has 0 bridgehead atoms. The average Bonchev–Trinajstić information content (AvgIpc) is 2.81. The lowest BCUT2D eigenvalue weighted by Crippen LogP contribution is -2.24. The quantitative estimate of drug-likeness (QED) is 0.851. The van der Waals surface area contributed by atoms with Gasteiger partial charge in [0.25, 0.3) is 0 Å². The van der Waals surface area contributed by atoms with Gasteiger partial charge in [-0.15, -0.1) is 0 Å². The van der Waals surface area contributed by atoms with Gasteiger partial charge in [0, 0.05) is 30.9 Å². The number of likely N-dealkylation sites (N-methyl/N-ethyl adjacent to an activating group) is 1. The molecule has 4 nitrogen and oxygen atoms in total. The van der Waals surface area contributed by atoms with Gasteiger partial charge < -0.3 is 5.11 Å². The van der Waals surface area contributed by atoms with E-state index in [0.717, 1.165) is 25.1 Å². The smallest absolute Gasteiger partial charge is 0.0916 e. The van der Waals surface area contributed by atoms with Crippen molar-refractivity contribution in [3.63, 3.8) is 0 Å². The summed E-state index contributed by atoms with van der Waals surface area (Å²) in [5.41, 5.74) is 3.41. The number of nitrogens with zero attached hydrogens (tertiary/aromatic N) is 3. The fourth-order valence-corrected chi connectivity index (χ4v) is 2.51. The molecule has 0 saturated carbocycles. The first-order chi connectivity index (χ1) is 10.1. The third-order valence-electron chi connectivity index (χ3n) is 3.75. The molecular weight excluding hydrogens is 262 g/mol. The van der Waals surface area contributed by atoms with E-state index in [1.165, 1.54) is 11.3 Å². The van der Waals surface area contributed by atoms with Crippen molar-refractivity contribution >= 4 is 0 Å². The molecule has 0 amide bonds. The fraction of sp³-hybridized carbons (Fsp3) is 0.471. The maximum Gasteiger partial charge on any atom is 0.0916 e. The van der Waals surface area contributed by atoms with Gasteiger partial charge in [0.15, 0.2) is 0 Å². The molecule has 0 spiro atoms. The Morgan fingerprint density at radius 2 is 2.00 bits per heavy atom. The first-order valence-electron chi connectivity index (χ1n) is 7.54.